The molecule has 90 valence electrons. The zero-order valence-corrected chi connectivity index (χ0v) is 9.39. The summed E-state index contributed by atoms with van der Waals surface area (Å²) in [6.45, 7) is 2.78. The minimum Gasteiger partial charge on any atom is -0.411 e. The Morgan fingerprint density at radius 1 is 1.31 bits per heavy atom. The van der Waals surface area contributed by atoms with Crippen molar-refractivity contribution >= 4 is 11.6 Å². The van der Waals surface area contributed by atoms with Crippen LogP contribution in [0.15, 0.2) is 5.16 Å². The van der Waals surface area contributed by atoms with Gasteiger partial charge in [-0.2, -0.15) is 0 Å². The molecule has 1 amide bonds. The van der Waals surface area contributed by atoms with E-state index in [1.807, 2.05) is 4.90 Å². The van der Waals surface area contributed by atoms with E-state index in [9.17, 15) is 4.79 Å². The maximum atomic E-state index is 12.1. The van der Waals surface area contributed by atoms with E-state index in [0.717, 1.165) is 18.6 Å². The number of hydrogen-bond donors (Lipinski definition) is 1. The Kier molecular flexibility index (Phi) is 3.77. The molecule has 0 aromatic heterocycles. The molecule has 0 saturated carbocycles. The SMILES string of the molecule is O=C(C1CCOCC1)N1CCC(=NO)CC1. The Morgan fingerprint density at radius 2 is 1.94 bits per heavy atom. The first-order chi connectivity index (χ1) is 7.81. The molecule has 0 unspecified atom stereocenters. The van der Waals surface area contributed by atoms with Gasteiger partial charge in [-0.3, -0.25) is 4.79 Å². The molecule has 2 fully saturated rings. The van der Waals surface area contributed by atoms with Crippen LogP contribution in [-0.4, -0.2) is 48.0 Å². The van der Waals surface area contributed by atoms with Gasteiger partial charge in [-0.25, -0.2) is 0 Å². The first-order valence-corrected chi connectivity index (χ1v) is 5.87. The lowest BCUT2D eigenvalue weighted by molar-refractivity contribution is -0.138. The van der Waals surface area contributed by atoms with Crippen molar-refractivity contribution < 1.29 is 14.7 Å². The summed E-state index contributed by atoms with van der Waals surface area (Å²) < 4.78 is 5.25. The van der Waals surface area contributed by atoms with Gasteiger partial charge in [0.25, 0.3) is 0 Å². The van der Waals surface area contributed by atoms with Crippen LogP contribution in [-0.2, 0) is 9.53 Å². The summed E-state index contributed by atoms with van der Waals surface area (Å²) in [5, 5.41) is 11.8. The number of nitrogens with zero attached hydrogens (tertiary/aromatic N) is 2. The highest BCUT2D eigenvalue weighted by atomic mass is 16.5. The second-order valence-corrected chi connectivity index (χ2v) is 4.38. The number of hydrogen-bond acceptors (Lipinski definition) is 4. The van der Waals surface area contributed by atoms with Crippen molar-refractivity contribution in [3.63, 3.8) is 0 Å². The van der Waals surface area contributed by atoms with Crippen LogP contribution >= 0.6 is 0 Å². The van der Waals surface area contributed by atoms with E-state index >= 15 is 0 Å². The fraction of sp³-hybridized carbons (Fsp3) is 0.818. The lowest BCUT2D eigenvalue weighted by Gasteiger charge is -2.32. The van der Waals surface area contributed by atoms with E-state index in [-0.39, 0.29) is 11.8 Å². The Bertz CT molecular complexity index is 275. The maximum absolute atomic E-state index is 12.1. The van der Waals surface area contributed by atoms with Crippen LogP contribution in [0.1, 0.15) is 25.7 Å². The van der Waals surface area contributed by atoms with Gasteiger partial charge in [0.05, 0.1) is 5.71 Å². The zero-order chi connectivity index (χ0) is 11.4. The summed E-state index contributed by atoms with van der Waals surface area (Å²) in [5.41, 5.74) is 0.802. The highest BCUT2D eigenvalue weighted by molar-refractivity contribution is 5.87. The third kappa shape index (κ3) is 2.52. The van der Waals surface area contributed by atoms with Crippen LogP contribution in [0.3, 0.4) is 0 Å². The van der Waals surface area contributed by atoms with Crippen molar-refractivity contribution in [2.75, 3.05) is 26.3 Å². The summed E-state index contributed by atoms with van der Waals surface area (Å²) in [4.78, 5) is 14.0. The van der Waals surface area contributed by atoms with E-state index in [0.29, 0.717) is 39.1 Å². The van der Waals surface area contributed by atoms with Crippen LogP contribution in [0.5, 0.6) is 0 Å². The van der Waals surface area contributed by atoms with Crippen LogP contribution < -0.4 is 0 Å². The maximum Gasteiger partial charge on any atom is 0.225 e. The van der Waals surface area contributed by atoms with Gasteiger partial charge < -0.3 is 14.8 Å². The van der Waals surface area contributed by atoms with E-state index in [1.165, 1.54) is 0 Å². The number of likely N-dealkylation sites (tertiary alicyclic amines) is 1. The smallest absolute Gasteiger partial charge is 0.225 e. The van der Waals surface area contributed by atoms with Gasteiger partial charge in [0.15, 0.2) is 0 Å². The molecule has 0 spiro atoms. The predicted octanol–water partition coefficient (Wildman–Crippen LogP) is 0.866. The lowest BCUT2D eigenvalue weighted by atomic mass is 9.97. The van der Waals surface area contributed by atoms with E-state index in [2.05, 4.69) is 5.16 Å². The number of carbonyl (C=O) groups is 1. The Hall–Kier alpha value is -1.10. The van der Waals surface area contributed by atoms with E-state index < -0.39 is 0 Å². The molecular formula is C11H18N2O3. The van der Waals surface area contributed by atoms with Crippen LogP contribution in [0.2, 0.25) is 0 Å². The van der Waals surface area contributed by atoms with Crippen molar-refractivity contribution in [3.05, 3.63) is 0 Å². The normalized spacial score (nSPS) is 23.2. The van der Waals surface area contributed by atoms with Gasteiger partial charge in [-0.1, -0.05) is 5.16 Å². The fourth-order valence-corrected chi connectivity index (χ4v) is 2.29. The molecular weight excluding hydrogens is 208 g/mol. The van der Waals surface area contributed by atoms with Crippen LogP contribution in [0, 0.1) is 5.92 Å². The van der Waals surface area contributed by atoms with Gasteiger partial charge in [0, 0.05) is 45.1 Å². The number of oxime groups is 1. The van der Waals surface area contributed by atoms with Crippen molar-refractivity contribution in [2.24, 2.45) is 11.1 Å². The molecule has 0 atom stereocenters. The molecule has 0 aliphatic carbocycles. The molecule has 2 aliphatic rings. The molecule has 5 nitrogen and oxygen atoms in total. The Balaban J connectivity index is 1.85. The second-order valence-electron chi connectivity index (χ2n) is 4.38. The third-order valence-electron chi connectivity index (χ3n) is 3.36. The number of rotatable bonds is 1. The summed E-state index contributed by atoms with van der Waals surface area (Å²) in [6, 6.07) is 0. The van der Waals surface area contributed by atoms with Gasteiger partial charge >= 0.3 is 0 Å². The number of amides is 1. The lowest BCUT2D eigenvalue weighted by Crippen LogP contribution is -2.43. The summed E-state index contributed by atoms with van der Waals surface area (Å²) in [5.74, 6) is 0.390. The average Bonchev–Trinajstić information content (AvgIpc) is 2.39. The van der Waals surface area contributed by atoms with Crippen molar-refractivity contribution in [3.8, 4) is 0 Å². The Morgan fingerprint density at radius 3 is 2.50 bits per heavy atom. The quantitative estimate of drug-likeness (QED) is 0.533. The first-order valence-electron chi connectivity index (χ1n) is 5.87. The topological polar surface area (TPSA) is 62.1 Å². The molecule has 1 N–H and O–H groups in total. The molecule has 0 bridgehead atoms. The molecule has 16 heavy (non-hydrogen) atoms. The predicted molar refractivity (Wildman–Crippen MR) is 58.6 cm³/mol. The monoisotopic (exact) mass is 226 g/mol. The molecule has 0 aromatic rings. The molecule has 2 aliphatic heterocycles. The van der Waals surface area contributed by atoms with E-state index in [4.69, 9.17) is 9.94 Å². The first kappa shape index (κ1) is 11.4. The van der Waals surface area contributed by atoms with Crippen LogP contribution in [0.4, 0.5) is 0 Å². The van der Waals surface area contributed by atoms with Gasteiger partial charge in [-0.15, -0.1) is 0 Å². The number of carbonyl (C=O) groups excluding carboxylic acids is 1. The Labute approximate surface area is 95.1 Å². The van der Waals surface area contributed by atoms with E-state index in [1.54, 1.807) is 0 Å². The van der Waals surface area contributed by atoms with Gasteiger partial charge in [0.1, 0.15) is 0 Å². The van der Waals surface area contributed by atoms with Crippen molar-refractivity contribution in [2.45, 2.75) is 25.7 Å². The molecule has 2 rings (SSSR count). The number of piperidine rings is 1. The zero-order valence-electron chi connectivity index (χ0n) is 9.39. The van der Waals surface area contributed by atoms with Gasteiger partial charge in [0.2, 0.25) is 5.91 Å². The molecule has 0 aromatic carbocycles. The third-order valence-corrected chi connectivity index (χ3v) is 3.36. The van der Waals surface area contributed by atoms with Gasteiger partial charge in [-0.05, 0) is 12.8 Å². The molecule has 2 saturated heterocycles. The average molecular weight is 226 g/mol. The minimum absolute atomic E-state index is 0.140. The molecule has 0 radical (unpaired) electrons. The van der Waals surface area contributed by atoms with Crippen molar-refractivity contribution in [1.82, 2.24) is 4.90 Å². The largest absolute Gasteiger partial charge is 0.411 e. The standard InChI is InChI=1S/C11H18N2O3/c14-11(9-3-7-16-8-4-9)13-5-1-10(12-15)2-6-13/h9,15H,1-8H2. The minimum atomic E-state index is 0.140. The fourth-order valence-electron chi connectivity index (χ4n) is 2.29. The molecule has 2 heterocycles. The van der Waals surface area contributed by atoms with Crippen LogP contribution in [0.25, 0.3) is 0 Å². The molecule has 5 heteroatoms. The summed E-state index contributed by atoms with van der Waals surface area (Å²) >= 11 is 0. The summed E-state index contributed by atoms with van der Waals surface area (Å²) in [6.07, 6.45) is 3.09. The number of ether oxygens (including phenoxy) is 1. The highest BCUT2D eigenvalue weighted by Crippen LogP contribution is 2.19. The summed E-state index contributed by atoms with van der Waals surface area (Å²) in [7, 11) is 0. The van der Waals surface area contributed by atoms with Crippen molar-refractivity contribution in [1.29, 1.82) is 0 Å². The highest BCUT2D eigenvalue weighted by Gasteiger charge is 2.28. The second kappa shape index (κ2) is 5.30.